The first-order valence-electron chi connectivity index (χ1n) is 5.14. The third-order valence-corrected chi connectivity index (χ3v) is 3.41. The smallest absolute Gasteiger partial charge is 0.00355 e. The van der Waals surface area contributed by atoms with Gasteiger partial charge in [0, 0.05) is 13.1 Å². The molecule has 12 heavy (non-hydrogen) atoms. The van der Waals surface area contributed by atoms with Crippen LogP contribution in [-0.4, -0.2) is 31.1 Å². The lowest BCUT2D eigenvalue weighted by Crippen LogP contribution is -2.28. The highest BCUT2D eigenvalue weighted by molar-refractivity contribution is 4.92. The first-order valence-corrected chi connectivity index (χ1v) is 5.14. The SMILES string of the molecule is CC1(CN2CCC(CN)C2)CC1. The summed E-state index contributed by atoms with van der Waals surface area (Å²) in [7, 11) is 0. The van der Waals surface area contributed by atoms with Crippen molar-refractivity contribution >= 4 is 0 Å². The topological polar surface area (TPSA) is 29.3 Å². The third kappa shape index (κ3) is 1.80. The van der Waals surface area contributed by atoms with Crippen LogP contribution in [0.2, 0.25) is 0 Å². The van der Waals surface area contributed by atoms with Gasteiger partial charge in [-0.3, -0.25) is 0 Å². The molecule has 2 rings (SSSR count). The van der Waals surface area contributed by atoms with Gasteiger partial charge in [-0.1, -0.05) is 6.92 Å². The summed E-state index contributed by atoms with van der Waals surface area (Å²) in [6.07, 6.45) is 4.21. The van der Waals surface area contributed by atoms with Crippen LogP contribution in [0, 0.1) is 11.3 Å². The van der Waals surface area contributed by atoms with Gasteiger partial charge in [0.05, 0.1) is 0 Å². The molecule has 0 bridgehead atoms. The maximum Gasteiger partial charge on any atom is 0.00355 e. The maximum absolute atomic E-state index is 5.65. The third-order valence-electron chi connectivity index (χ3n) is 3.41. The zero-order valence-corrected chi connectivity index (χ0v) is 8.05. The van der Waals surface area contributed by atoms with E-state index in [0.717, 1.165) is 12.5 Å². The first-order chi connectivity index (χ1) is 5.72. The Morgan fingerprint density at radius 3 is 2.75 bits per heavy atom. The van der Waals surface area contributed by atoms with Crippen molar-refractivity contribution < 1.29 is 0 Å². The standard InChI is InChI=1S/C10H20N2/c1-10(3-4-10)8-12-5-2-9(6-11)7-12/h9H,2-8,11H2,1H3. The molecule has 2 heteroatoms. The van der Waals surface area contributed by atoms with Crippen molar-refractivity contribution in [1.29, 1.82) is 0 Å². The van der Waals surface area contributed by atoms with Gasteiger partial charge >= 0.3 is 0 Å². The van der Waals surface area contributed by atoms with Crippen molar-refractivity contribution in [3.63, 3.8) is 0 Å². The monoisotopic (exact) mass is 168 g/mol. The van der Waals surface area contributed by atoms with E-state index < -0.39 is 0 Å². The molecule has 0 aromatic heterocycles. The molecular weight excluding hydrogens is 148 g/mol. The van der Waals surface area contributed by atoms with Gasteiger partial charge in [0.15, 0.2) is 0 Å². The number of nitrogens with zero attached hydrogens (tertiary/aromatic N) is 1. The number of hydrogen-bond acceptors (Lipinski definition) is 2. The zero-order chi connectivity index (χ0) is 8.60. The molecule has 1 aliphatic heterocycles. The van der Waals surface area contributed by atoms with Gasteiger partial charge in [-0.15, -0.1) is 0 Å². The second-order valence-electron chi connectivity index (χ2n) is 4.94. The molecule has 2 nitrogen and oxygen atoms in total. The van der Waals surface area contributed by atoms with Gasteiger partial charge in [0.25, 0.3) is 0 Å². The number of likely N-dealkylation sites (tertiary alicyclic amines) is 1. The molecule has 0 spiro atoms. The quantitative estimate of drug-likeness (QED) is 0.683. The van der Waals surface area contributed by atoms with Crippen molar-refractivity contribution in [2.75, 3.05) is 26.2 Å². The second-order valence-corrected chi connectivity index (χ2v) is 4.94. The van der Waals surface area contributed by atoms with Crippen LogP contribution in [0.4, 0.5) is 0 Å². The Labute approximate surface area is 75.1 Å². The van der Waals surface area contributed by atoms with Crippen molar-refractivity contribution in [3.8, 4) is 0 Å². The molecule has 1 aliphatic carbocycles. The molecule has 1 unspecified atom stereocenters. The van der Waals surface area contributed by atoms with E-state index in [4.69, 9.17) is 5.73 Å². The van der Waals surface area contributed by atoms with E-state index in [1.54, 1.807) is 0 Å². The van der Waals surface area contributed by atoms with Crippen LogP contribution < -0.4 is 5.73 Å². The Morgan fingerprint density at radius 1 is 1.50 bits per heavy atom. The highest BCUT2D eigenvalue weighted by Gasteiger charge is 2.39. The van der Waals surface area contributed by atoms with Gasteiger partial charge in [0.1, 0.15) is 0 Å². The summed E-state index contributed by atoms with van der Waals surface area (Å²) in [5.41, 5.74) is 6.33. The van der Waals surface area contributed by atoms with Gasteiger partial charge in [0.2, 0.25) is 0 Å². The predicted molar refractivity (Wildman–Crippen MR) is 50.9 cm³/mol. The van der Waals surface area contributed by atoms with Gasteiger partial charge in [-0.2, -0.15) is 0 Å². The number of hydrogen-bond donors (Lipinski definition) is 1. The lowest BCUT2D eigenvalue weighted by molar-refractivity contribution is 0.267. The minimum atomic E-state index is 0.684. The molecule has 2 N–H and O–H groups in total. The summed E-state index contributed by atoms with van der Waals surface area (Å²) in [5, 5.41) is 0. The molecule has 1 saturated heterocycles. The van der Waals surface area contributed by atoms with Crippen LogP contribution in [0.15, 0.2) is 0 Å². The molecule has 0 aromatic carbocycles. The lowest BCUT2D eigenvalue weighted by atomic mass is 10.1. The molecule has 0 amide bonds. The minimum Gasteiger partial charge on any atom is -0.330 e. The van der Waals surface area contributed by atoms with E-state index in [9.17, 15) is 0 Å². The lowest BCUT2D eigenvalue weighted by Gasteiger charge is -2.19. The first kappa shape index (κ1) is 8.52. The molecule has 0 radical (unpaired) electrons. The Morgan fingerprint density at radius 2 is 2.25 bits per heavy atom. The van der Waals surface area contributed by atoms with Crippen LogP contribution >= 0.6 is 0 Å². The molecule has 2 aliphatic rings. The average Bonchev–Trinajstić information content (AvgIpc) is 2.63. The summed E-state index contributed by atoms with van der Waals surface area (Å²) >= 11 is 0. The van der Waals surface area contributed by atoms with Crippen LogP contribution in [-0.2, 0) is 0 Å². The summed E-state index contributed by atoms with van der Waals surface area (Å²) in [6, 6.07) is 0. The minimum absolute atomic E-state index is 0.684. The Hall–Kier alpha value is -0.0800. The van der Waals surface area contributed by atoms with Gasteiger partial charge in [-0.05, 0) is 43.7 Å². The Kier molecular flexibility index (Phi) is 2.13. The van der Waals surface area contributed by atoms with Crippen LogP contribution in [0.25, 0.3) is 0 Å². The molecule has 1 heterocycles. The second kappa shape index (κ2) is 3.00. The average molecular weight is 168 g/mol. The summed E-state index contributed by atoms with van der Waals surface area (Å²) in [4.78, 5) is 2.60. The summed E-state index contributed by atoms with van der Waals surface area (Å²) in [5.74, 6) is 0.785. The van der Waals surface area contributed by atoms with Crippen molar-refractivity contribution in [1.82, 2.24) is 4.90 Å². The molecular formula is C10H20N2. The van der Waals surface area contributed by atoms with Crippen molar-refractivity contribution in [3.05, 3.63) is 0 Å². The van der Waals surface area contributed by atoms with Crippen LogP contribution in [0.5, 0.6) is 0 Å². The fourth-order valence-corrected chi connectivity index (χ4v) is 2.16. The van der Waals surface area contributed by atoms with Crippen LogP contribution in [0.3, 0.4) is 0 Å². The molecule has 1 atom stereocenters. The van der Waals surface area contributed by atoms with E-state index in [1.807, 2.05) is 0 Å². The Bertz CT molecular complexity index is 163. The van der Waals surface area contributed by atoms with Gasteiger partial charge < -0.3 is 10.6 Å². The highest BCUT2D eigenvalue weighted by atomic mass is 15.2. The summed E-state index contributed by atoms with van der Waals surface area (Å²) in [6.45, 7) is 7.16. The van der Waals surface area contributed by atoms with E-state index >= 15 is 0 Å². The zero-order valence-electron chi connectivity index (χ0n) is 8.05. The fraction of sp³-hybridized carbons (Fsp3) is 1.00. The van der Waals surface area contributed by atoms with E-state index in [2.05, 4.69) is 11.8 Å². The normalized spacial score (nSPS) is 34.0. The summed E-state index contributed by atoms with van der Waals surface area (Å²) < 4.78 is 0. The largest absolute Gasteiger partial charge is 0.330 e. The van der Waals surface area contributed by atoms with Gasteiger partial charge in [-0.25, -0.2) is 0 Å². The van der Waals surface area contributed by atoms with E-state index in [0.29, 0.717) is 5.41 Å². The van der Waals surface area contributed by atoms with E-state index in [-0.39, 0.29) is 0 Å². The number of nitrogens with two attached hydrogens (primary N) is 1. The number of rotatable bonds is 3. The fourth-order valence-electron chi connectivity index (χ4n) is 2.16. The van der Waals surface area contributed by atoms with Crippen LogP contribution in [0.1, 0.15) is 26.2 Å². The van der Waals surface area contributed by atoms with Crippen molar-refractivity contribution in [2.24, 2.45) is 17.1 Å². The predicted octanol–water partition coefficient (Wildman–Crippen LogP) is 1.07. The van der Waals surface area contributed by atoms with E-state index in [1.165, 1.54) is 38.9 Å². The maximum atomic E-state index is 5.65. The molecule has 0 aromatic rings. The Balaban J connectivity index is 1.76. The highest BCUT2D eigenvalue weighted by Crippen LogP contribution is 2.45. The van der Waals surface area contributed by atoms with Crippen molar-refractivity contribution in [2.45, 2.75) is 26.2 Å². The molecule has 2 fully saturated rings. The molecule has 70 valence electrons. The molecule has 1 saturated carbocycles.